The molecule has 1 aliphatic rings. The van der Waals surface area contributed by atoms with Gasteiger partial charge >= 0.3 is 0 Å². The molecule has 0 saturated carbocycles. The van der Waals surface area contributed by atoms with Crippen molar-refractivity contribution in [2.75, 3.05) is 19.7 Å². The van der Waals surface area contributed by atoms with Crippen LogP contribution in [0.15, 0.2) is 23.0 Å². The Bertz CT molecular complexity index is 680. The lowest BCUT2D eigenvalue weighted by atomic mass is 10.2. The van der Waals surface area contributed by atoms with Crippen molar-refractivity contribution in [2.24, 2.45) is 0 Å². The van der Waals surface area contributed by atoms with Gasteiger partial charge in [-0.25, -0.2) is 4.98 Å². The van der Waals surface area contributed by atoms with E-state index in [1.165, 1.54) is 15.8 Å². The number of rotatable bonds is 3. The molecule has 3 rings (SSSR count). The fourth-order valence-corrected chi connectivity index (χ4v) is 3.49. The molecule has 21 heavy (non-hydrogen) atoms. The van der Waals surface area contributed by atoms with Crippen molar-refractivity contribution in [3.8, 4) is 0 Å². The highest BCUT2D eigenvalue weighted by atomic mass is 32.1. The maximum atomic E-state index is 11.6. The number of thiophene rings is 1. The Hall–Kier alpha value is -1.50. The highest BCUT2D eigenvalue weighted by molar-refractivity contribution is 7.11. The van der Waals surface area contributed by atoms with Gasteiger partial charge in [-0.2, -0.15) is 0 Å². The molecular weight excluding hydrogens is 286 g/mol. The Morgan fingerprint density at radius 1 is 1.48 bits per heavy atom. The van der Waals surface area contributed by atoms with E-state index in [2.05, 4.69) is 33.9 Å². The molecule has 2 aromatic heterocycles. The number of aryl methyl sites for hydroxylation is 2. The molecule has 6 heteroatoms. The second kappa shape index (κ2) is 6.09. The summed E-state index contributed by atoms with van der Waals surface area (Å²) in [4.78, 5) is 23.8. The van der Waals surface area contributed by atoms with Crippen LogP contribution in [-0.4, -0.2) is 34.6 Å². The zero-order chi connectivity index (χ0) is 14.8. The first-order chi connectivity index (χ1) is 10.1. The van der Waals surface area contributed by atoms with Crippen LogP contribution < -0.4 is 5.56 Å². The number of hydrogen-bond donors (Lipinski definition) is 1. The highest BCUT2D eigenvalue weighted by Gasteiger charge is 2.24. The monoisotopic (exact) mass is 305 g/mol. The molecule has 0 amide bonds. The standard InChI is InChI=1S/C15H19N3O2S/c1-10-7-14(19)17-15(16-10)13-9-18(5-6-20-13)8-12-4-3-11(2)21-12/h3-4,7,13H,5-6,8-9H2,1-2H3,(H,16,17,19)/t13-/m1/s1. The van der Waals surface area contributed by atoms with Crippen LogP contribution in [0.4, 0.5) is 0 Å². The van der Waals surface area contributed by atoms with Crippen molar-refractivity contribution in [2.45, 2.75) is 26.5 Å². The Labute approximate surface area is 127 Å². The molecule has 0 spiro atoms. The molecule has 2 aromatic rings. The van der Waals surface area contributed by atoms with Crippen LogP contribution in [0, 0.1) is 13.8 Å². The van der Waals surface area contributed by atoms with E-state index in [0.29, 0.717) is 12.4 Å². The van der Waals surface area contributed by atoms with Gasteiger partial charge in [0.25, 0.3) is 5.56 Å². The number of aromatic nitrogens is 2. The molecule has 0 bridgehead atoms. The first-order valence-electron chi connectivity index (χ1n) is 7.07. The number of aromatic amines is 1. The molecule has 0 unspecified atom stereocenters. The Balaban J connectivity index is 1.71. The van der Waals surface area contributed by atoms with Crippen molar-refractivity contribution in [3.05, 3.63) is 49.8 Å². The minimum Gasteiger partial charge on any atom is -0.368 e. The molecule has 1 aliphatic heterocycles. The summed E-state index contributed by atoms with van der Waals surface area (Å²) >= 11 is 1.83. The fraction of sp³-hybridized carbons (Fsp3) is 0.467. The second-order valence-electron chi connectivity index (χ2n) is 5.38. The number of H-pyrrole nitrogens is 1. The van der Waals surface area contributed by atoms with E-state index in [1.54, 1.807) is 0 Å². The van der Waals surface area contributed by atoms with Gasteiger partial charge in [0.15, 0.2) is 0 Å². The van der Waals surface area contributed by atoms with Crippen molar-refractivity contribution in [1.29, 1.82) is 0 Å². The topological polar surface area (TPSA) is 58.2 Å². The molecular formula is C15H19N3O2S. The first-order valence-corrected chi connectivity index (χ1v) is 7.89. The van der Waals surface area contributed by atoms with Crippen LogP contribution in [0.25, 0.3) is 0 Å². The van der Waals surface area contributed by atoms with E-state index < -0.39 is 0 Å². The normalized spacial score (nSPS) is 19.8. The van der Waals surface area contributed by atoms with E-state index in [1.807, 2.05) is 18.3 Å². The maximum absolute atomic E-state index is 11.6. The summed E-state index contributed by atoms with van der Waals surface area (Å²) in [5, 5.41) is 0. The molecule has 1 fully saturated rings. The zero-order valence-corrected chi connectivity index (χ0v) is 13.1. The van der Waals surface area contributed by atoms with Gasteiger partial charge in [-0.3, -0.25) is 9.69 Å². The Morgan fingerprint density at radius 2 is 2.33 bits per heavy atom. The average Bonchev–Trinajstić information content (AvgIpc) is 2.83. The smallest absolute Gasteiger partial charge is 0.251 e. The fourth-order valence-electron chi connectivity index (χ4n) is 2.56. The summed E-state index contributed by atoms with van der Waals surface area (Å²) in [6.45, 7) is 7.19. The first kappa shape index (κ1) is 14.4. The minimum atomic E-state index is -0.160. The number of nitrogens with one attached hydrogen (secondary N) is 1. The van der Waals surface area contributed by atoms with Gasteiger partial charge in [-0.1, -0.05) is 0 Å². The molecule has 0 aromatic carbocycles. The third kappa shape index (κ3) is 3.58. The molecule has 112 valence electrons. The van der Waals surface area contributed by atoms with Gasteiger partial charge < -0.3 is 9.72 Å². The summed E-state index contributed by atoms with van der Waals surface area (Å²) in [6.07, 6.45) is -0.160. The van der Waals surface area contributed by atoms with E-state index in [0.717, 1.165) is 25.3 Å². The van der Waals surface area contributed by atoms with Crippen LogP contribution >= 0.6 is 11.3 Å². The lowest BCUT2D eigenvalue weighted by Crippen LogP contribution is -2.38. The van der Waals surface area contributed by atoms with E-state index in [9.17, 15) is 4.79 Å². The van der Waals surface area contributed by atoms with Gasteiger partial charge in [-0.05, 0) is 26.0 Å². The van der Waals surface area contributed by atoms with Crippen molar-refractivity contribution in [3.63, 3.8) is 0 Å². The van der Waals surface area contributed by atoms with Gasteiger partial charge in [0.05, 0.1) is 6.61 Å². The van der Waals surface area contributed by atoms with E-state index in [-0.39, 0.29) is 11.7 Å². The molecule has 0 aliphatic carbocycles. The summed E-state index contributed by atoms with van der Waals surface area (Å²) in [5.74, 6) is 0.632. The molecule has 1 N–H and O–H groups in total. The van der Waals surface area contributed by atoms with Crippen LogP contribution in [0.3, 0.4) is 0 Å². The van der Waals surface area contributed by atoms with E-state index >= 15 is 0 Å². The third-order valence-electron chi connectivity index (χ3n) is 3.52. The van der Waals surface area contributed by atoms with Gasteiger partial charge in [0.1, 0.15) is 11.9 Å². The van der Waals surface area contributed by atoms with Crippen molar-refractivity contribution >= 4 is 11.3 Å². The van der Waals surface area contributed by atoms with Crippen LogP contribution in [0.1, 0.15) is 27.4 Å². The lowest BCUT2D eigenvalue weighted by Gasteiger charge is -2.32. The van der Waals surface area contributed by atoms with Gasteiger partial charge in [0.2, 0.25) is 0 Å². The molecule has 1 saturated heterocycles. The average molecular weight is 305 g/mol. The number of morpholine rings is 1. The molecule has 1 atom stereocenters. The summed E-state index contributed by atoms with van der Waals surface area (Å²) in [7, 11) is 0. The summed E-state index contributed by atoms with van der Waals surface area (Å²) in [6, 6.07) is 5.83. The van der Waals surface area contributed by atoms with Crippen molar-refractivity contribution in [1.82, 2.24) is 14.9 Å². The van der Waals surface area contributed by atoms with E-state index in [4.69, 9.17) is 4.74 Å². The van der Waals surface area contributed by atoms with Crippen LogP contribution in [0.5, 0.6) is 0 Å². The zero-order valence-electron chi connectivity index (χ0n) is 12.3. The van der Waals surface area contributed by atoms with Gasteiger partial charge in [-0.15, -0.1) is 11.3 Å². The minimum absolute atomic E-state index is 0.118. The maximum Gasteiger partial charge on any atom is 0.251 e. The Kier molecular flexibility index (Phi) is 4.19. The summed E-state index contributed by atoms with van der Waals surface area (Å²) < 4.78 is 5.78. The molecule has 3 heterocycles. The SMILES string of the molecule is Cc1cc(=O)[nH]c([C@H]2CN(Cc3ccc(C)s3)CCO2)n1. The largest absolute Gasteiger partial charge is 0.368 e. The lowest BCUT2D eigenvalue weighted by molar-refractivity contribution is -0.0371. The number of nitrogens with zero attached hydrogens (tertiary/aromatic N) is 2. The molecule has 0 radical (unpaired) electrons. The number of ether oxygens (including phenoxy) is 1. The predicted octanol–water partition coefficient (Wildman–Crippen LogP) is 2.02. The Morgan fingerprint density at radius 3 is 3.05 bits per heavy atom. The van der Waals surface area contributed by atoms with Crippen LogP contribution in [0.2, 0.25) is 0 Å². The third-order valence-corrected chi connectivity index (χ3v) is 4.50. The highest BCUT2D eigenvalue weighted by Crippen LogP contribution is 2.22. The quantitative estimate of drug-likeness (QED) is 0.942. The summed E-state index contributed by atoms with van der Waals surface area (Å²) in [5.41, 5.74) is 0.607. The van der Waals surface area contributed by atoms with Gasteiger partial charge in [0, 0.05) is 41.1 Å². The van der Waals surface area contributed by atoms with Crippen LogP contribution in [-0.2, 0) is 11.3 Å². The predicted molar refractivity (Wildman–Crippen MR) is 82.6 cm³/mol. The molecule has 5 nitrogen and oxygen atoms in total. The second-order valence-corrected chi connectivity index (χ2v) is 6.75. The van der Waals surface area contributed by atoms with Crippen molar-refractivity contribution < 1.29 is 4.74 Å². The number of hydrogen-bond acceptors (Lipinski definition) is 5.